The summed E-state index contributed by atoms with van der Waals surface area (Å²) in [6.45, 7) is 3.69. The Morgan fingerprint density at radius 3 is 2.36 bits per heavy atom. The number of carbonyl (C=O) groups is 6. The minimum Gasteiger partial charge on any atom is -0.504 e. The Morgan fingerprint density at radius 2 is 1.66 bits per heavy atom. The van der Waals surface area contributed by atoms with Gasteiger partial charge in [-0.3, -0.25) is 38.8 Å². The molecule has 8 aliphatic heterocycles. The predicted octanol–water partition coefficient (Wildman–Crippen LogP) is 5.06. The lowest BCUT2D eigenvalue weighted by molar-refractivity contribution is -0.188. The van der Waals surface area contributed by atoms with Crippen LogP contribution in [0.15, 0.2) is 18.2 Å². The van der Waals surface area contributed by atoms with Gasteiger partial charge in [0.2, 0.25) is 25.4 Å². The fraction of sp³-hybridized carbons (Fsp3) is 0.556. The molecule has 0 aromatic heterocycles. The van der Waals surface area contributed by atoms with Crippen molar-refractivity contribution in [1.29, 1.82) is 0 Å². The van der Waals surface area contributed by atoms with Gasteiger partial charge in [-0.1, -0.05) is 6.07 Å². The summed E-state index contributed by atoms with van der Waals surface area (Å²) in [5, 5.41) is 35.0. The van der Waals surface area contributed by atoms with Crippen LogP contribution in [0.4, 0.5) is 4.79 Å². The summed E-state index contributed by atoms with van der Waals surface area (Å²) in [5.74, 6) is -2.30. The van der Waals surface area contributed by atoms with Crippen LogP contribution in [-0.4, -0.2) is 161 Å². The lowest BCUT2D eigenvalue weighted by Gasteiger charge is -2.62. The van der Waals surface area contributed by atoms with Crippen molar-refractivity contribution >= 4 is 59.3 Å². The molecule has 9 aliphatic rings. The number of aliphatic hydroxyl groups is 1. The van der Waals surface area contributed by atoms with Gasteiger partial charge in [-0.25, -0.2) is 9.59 Å². The van der Waals surface area contributed by atoms with Gasteiger partial charge in [-0.05, 0) is 106 Å². The number of fused-ring (bicyclic) bond motifs is 9. The minimum absolute atomic E-state index is 0.0137. The maximum Gasteiger partial charge on any atom is 0.413 e. The van der Waals surface area contributed by atoms with E-state index in [0.717, 1.165) is 5.56 Å². The number of likely N-dealkylation sites (tertiary alicyclic amines) is 1. The number of phenolic OH excluding ortho intramolecular Hbond substituents is 2. The summed E-state index contributed by atoms with van der Waals surface area (Å²) in [6, 6.07) is 1.95. The molecule has 4 fully saturated rings. The van der Waals surface area contributed by atoms with Crippen molar-refractivity contribution in [3.05, 3.63) is 62.7 Å². The first-order valence-corrected chi connectivity index (χ1v) is 28.2. The van der Waals surface area contributed by atoms with Crippen LogP contribution in [-0.2, 0) is 56.6 Å². The van der Waals surface area contributed by atoms with Crippen LogP contribution in [0.2, 0.25) is 0 Å². The molecule has 77 heavy (non-hydrogen) atoms. The molecular formula is C54H62N4O17S2. The van der Waals surface area contributed by atoms with Crippen molar-refractivity contribution in [3.8, 4) is 40.2 Å². The molecule has 23 heteroatoms. The Labute approximate surface area is 452 Å². The van der Waals surface area contributed by atoms with Gasteiger partial charge in [0.05, 0.1) is 48.8 Å². The molecule has 12 rings (SSSR count). The summed E-state index contributed by atoms with van der Waals surface area (Å²) in [4.78, 5) is 89.2. The monoisotopic (exact) mass is 1100 g/mol. The molecule has 3 saturated heterocycles. The van der Waals surface area contributed by atoms with Crippen molar-refractivity contribution < 1.29 is 82.0 Å². The second-order valence-corrected chi connectivity index (χ2v) is 23.3. The summed E-state index contributed by atoms with van der Waals surface area (Å²) < 4.78 is 47.8. The van der Waals surface area contributed by atoms with Gasteiger partial charge >= 0.3 is 24.0 Å². The van der Waals surface area contributed by atoms with Gasteiger partial charge in [-0.15, -0.1) is 11.8 Å². The number of imide groups is 1. The number of hydrogen-bond acceptors (Lipinski definition) is 21. The molecule has 3 aromatic carbocycles. The average Bonchev–Trinajstić information content (AvgIpc) is 4.17. The fourth-order valence-corrected chi connectivity index (χ4v) is 15.9. The summed E-state index contributed by atoms with van der Waals surface area (Å²) in [5.41, 5.74) is 2.31. The number of aromatic hydroxyl groups is 2. The number of esters is 3. The van der Waals surface area contributed by atoms with Gasteiger partial charge in [0.1, 0.15) is 18.6 Å². The Hall–Kier alpha value is -6.14. The number of piperazine rings is 1. The number of likely N-dealkylation sites (N-methyl/N-ethyl adjacent to an activating group) is 1. The van der Waals surface area contributed by atoms with Crippen molar-refractivity contribution in [2.45, 2.75) is 112 Å². The Morgan fingerprint density at radius 1 is 0.909 bits per heavy atom. The highest BCUT2D eigenvalue weighted by Gasteiger charge is 2.63. The first kappa shape index (κ1) is 52.9. The van der Waals surface area contributed by atoms with E-state index >= 15 is 4.79 Å². The Kier molecular flexibility index (Phi) is 13.9. The van der Waals surface area contributed by atoms with Gasteiger partial charge in [0.15, 0.2) is 40.0 Å². The van der Waals surface area contributed by atoms with Crippen LogP contribution in [0.3, 0.4) is 0 Å². The van der Waals surface area contributed by atoms with Crippen LogP contribution in [0, 0.1) is 25.7 Å². The van der Waals surface area contributed by atoms with E-state index in [9.17, 15) is 39.3 Å². The third kappa shape index (κ3) is 8.39. The zero-order valence-electron chi connectivity index (χ0n) is 43.8. The average molecular weight is 1100 g/mol. The van der Waals surface area contributed by atoms with E-state index in [1.54, 1.807) is 6.92 Å². The van der Waals surface area contributed by atoms with Crippen LogP contribution >= 0.6 is 23.5 Å². The number of thioether (sulfide) groups is 2. The molecule has 1 aliphatic carbocycles. The smallest absolute Gasteiger partial charge is 0.413 e. The van der Waals surface area contributed by atoms with E-state index in [1.165, 1.54) is 66.6 Å². The molecule has 1 saturated carbocycles. The van der Waals surface area contributed by atoms with Crippen molar-refractivity contribution in [2.75, 3.05) is 66.6 Å². The molecule has 4 bridgehead atoms. The van der Waals surface area contributed by atoms with Gasteiger partial charge in [-0.2, -0.15) is 11.8 Å². The quantitative estimate of drug-likeness (QED) is 0.110. The lowest BCUT2D eigenvalue weighted by atomic mass is 9.73. The van der Waals surface area contributed by atoms with E-state index in [-0.39, 0.29) is 89.2 Å². The van der Waals surface area contributed by atoms with Gasteiger partial charge < -0.3 is 53.2 Å². The second-order valence-electron chi connectivity index (χ2n) is 21.1. The number of aliphatic hydroxyl groups excluding tert-OH is 1. The zero-order valence-corrected chi connectivity index (χ0v) is 45.4. The van der Waals surface area contributed by atoms with Gasteiger partial charge in [0, 0.05) is 60.5 Å². The van der Waals surface area contributed by atoms with Crippen molar-refractivity contribution in [1.82, 2.24) is 19.6 Å². The lowest BCUT2D eigenvalue weighted by Crippen LogP contribution is -2.70. The number of phenols is 2. The highest BCUT2D eigenvalue weighted by atomic mass is 32.2. The summed E-state index contributed by atoms with van der Waals surface area (Å²) in [6.07, 6.45) is 2.35. The Balaban J connectivity index is 0.964. The molecule has 8 heterocycles. The normalized spacial score (nSPS) is 29.2. The number of carbonyl (C=O) groups excluding carboxylic acids is 6. The van der Waals surface area contributed by atoms with E-state index in [1.807, 2.05) is 36.1 Å². The SMILES string of the molecule is COc1cc2c(cc1O)CCN(C(=O)OCOC(=O)C1CCC(CN3C(=O)CC(SC)C3=O)CC1)[C@]21CS[C@@H]2c3c(OC(C)=O)c(C)c4c(c3[C@H](COC1=O)N1C(O)[C@@H]3Cc5cc(C)c(OC)c(O)c5[C@H]([C@H]21)N3C)OCO4. The highest BCUT2D eigenvalue weighted by Crippen LogP contribution is 2.65. The van der Waals surface area contributed by atoms with E-state index in [2.05, 4.69) is 0 Å². The molecule has 3 aromatic rings. The molecule has 1 spiro atoms. The molecular weight excluding hydrogens is 1040 g/mol. The minimum atomic E-state index is -2.03. The molecule has 2 unspecified atom stereocenters. The first-order chi connectivity index (χ1) is 36.9. The molecule has 8 atom stereocenters. The number of aryl methyl sites for hydroxylation is 1. The molecule has 21 nitrogen and oxygen atoms in total. The summed E-state index contributed by atoms with van der Waals surface area (Å²) >= 11 is 2.60. The highest BCUT2D eigenvalue weighted by molar-refractivity contribution is 8.00. The number of nitrogens with zero attached hydrogens (tertiary/aromatic N) is 4. The topological polar surface area (TPSA) is 250 Å². The standard InChI is InChI=1S/C54H62N4O17S2/c1-24-14-30-15-32-49(63)58-33-20-70-52(66)54(21-77-48(42(58)41(55(32)4)38(30)43(62)44(24)69-6)40-39(33)47-46(71-22-72-47)25(2)45(40)75-26(3)59)31-17-35(68-5)34(60)16-29(31)12-13-57(54)53(67)74-23-73-51(65)28-10-8-27(9-11-28)19-56-37(61)18-36(76-7)50(56)64/h14,16-17,27-28,32-33,36,41-42,48-49,60,62-63H,8-13,15,18-23H2,1-7H3/t27?,28?,32-,33-,36?,41+,42+,48+,49?,54+/m0/s1. The number of ether oxygens (including phenoxy) is 8. The number of rotatable bonds is 9. The summed E-state index contributed by atoms with van der Waals surface area (Å²) in [7, 11) is 4.73. The van der Waals surface area contributed by atoms with Crippen LogP contribution in [0.1, 0.15) is 101 Å². The first-order valence-electron chi connectivity index (χ1n) is 25.8. The predicted molar refractivity (Wildman–Crippen MR) is 275 cm³/mol. The van der Waals surface area contributed by atoms with Crippen LogP contribution in [0.25, 0.3) is 0 Å². The van der Waals surface area contributed by atoms with Crippen LogP contribution in [0.5, 0.6) is 40.2 Å². The molecule has 3 amide bonds. The molecule has 0 radical (unpaired) electrons. The number of amides is 3. The number of benzene rings is 3. The molecule has 3 N–H and O–H groups in total. The van der Waals surface area contributed by atoms with E-state index in [4.69, 9.17) is 37.9 Å². The maximum absolute atomic E-state index is 15.7. The number of methoxy groups -OCH3 is 2. The van der Waals surface area contributed by atoms with Crippen molar-refractivity contribution in [3.63, 3.8) is 0 Å². The third-order valence-electron chi connectivity index (χ3n) is 17.2. The third-order valence-corrected chi connectivity index (χ3v) is 19.6. The zero-order chi connectivity index (χ0) is 54.5. The molecule has 412 valence electrons. The van der Waals surface area contributed by atoms with Gasteiger partial charge in [0.25, 0.3) is 0 Å². The van der Waals surface area contributed by atoms with Crippen molar-refractivity contribution in [2.24, 2.45) is 11.8 Å². The maximum atomic E-state index is 15.7. The number of hydrogen-bond donors (Lipinski definition) is 3. The fourth-order valence-electron chi connectivity index (χ4n) is 13.6. The second kappa shape index (κ2) is 20.3. The van der Waals surface area contributed by atoms with E-state index < -0.39 is 84.5 Å². The largest absolute Gasteiger partial charge is 0.504 e. The van der Waals surface area contributed by atoms with E-state index in [0.29, 0.717) is 83.5 Å². The Bertz CT molecular complexity index is 2990. The van der Waals surface area contributed by atoms with Crippen LogP contribution < -0.4 is 23.7 Å².